The monoisotopic (exact) mass is 276 g/mol. The van der Waals surface area contributed by atoms with Crippen LogP contribution in [0.4, 0.5) is 5.82 Å². The number of aromatic nitrogens is 3. The Kier molecular flexibility index (Phi) is 4.92. The van der Waals surface area contributed by atoms with Gasteiger partial charge in [-0.3, -0.25) is 4.79 Å². The highest BCUT2D eigenvalue weighted by atomic mass is 16.5. The molecule has 2 aromatic heterocycles. The smallest absolute Gasteiger partial charge is 0.305 e. The Labute approximate surface area is 118 Å². The SMILES string of the molecule is COC(=O)CCCCCNc1nccc2c1ncn2C. The Hall–Kier alpha value is -2.11. The minimum absolute atomic E-state index is 0.141. The van der Waals surface area contributed by atoms with Gasteiger partial charge in [-0.05, 0) is 18.9 Å². The van der Waals surface area contributed by atoms with Crippen molar-refractivity contribution in [2.75, 3.05) is 19.0 Å². The van der Waals surface area contributed by atoms with E-state index >= 15 is 0 Å². The lowest BCUT2D eigenvalue weighted by molar-refractivity contribution is -0.140. The molecule has 108 valence electrons. The number of hydrogen-bond donors (Lipinski definition) is 1. The molecule has 20 heavy (non-hydrogen) atoms. The highest BCUT2D eigenvalue weighted by molar-refractivity contribution is 5.85. The van der Waals surface area contributed by atoms with Gasteiger partial charge in [-0.2, -0.15) is 0 Å². The average molecular weight is 276 g/mol. The lowest BCUT2D eigenvalue weighted by Gasteiger charge is -2.06. The Morgan fingerprint density at radius 1 is 1.35 bits per heavy atom. The normalized spacial score (nSPS) is 10.7. The van der Waals surface area contributed by atoms with Crippen LogP contribution >= 0.6 is 0 Å². The molecule has 1 N–H and O–H groups in total. The number of esters is 1. The van der Waals surface area contributed by atoms with Crippen molar-refractivity contribution in [2.24, 2.45) is 7.05 Å². The summed E-state index contributed by atoms with van der Waals surface area (Å²) < 4.78 is 6.57. The van der Waals surface area contributed by atoms with Crippen LogP contribution in [0.5, 0.6) is 0 Å². The second-order valence-electron chi connectivity index (χ2n) is 4.70. The van der Waals surface area contributed by atoms with Gasteiger partial charge in [0.25, 0.3) is 0 Å². The number of imidazole rings is 1. The zero-order valence-corrected chi connectivity index (χ0v) is 11.9. The topological polar surface area (TPSA) is 69.0 Å². The van der Waals surface area contributed by atoms with E-state index in [0.717, 1.165) is 42.7 Å². The first-order valence-electron chi connectivity index (χ1n) is 6.79. The van der Waals surface area contributed by atoms with Gasteiger partial charge in [-0.15, -0.1) is 0 Å². The molecule has 0 saturated carbocycles. The second kappa shape index (κ2) is 6.88. The number of pyridine rings is 1. The fourth-order valence-electron chi connectivity index (χ4n) is 2.07. The highest BCUT2D eigenvalue weighted by Crippen LogP contribution is 2.18. The predicted octanol–water partition coefficient (Wildman–Crippen LogP) is 2.11. The fourth-order valence-corrected chi connectivity index (χ4v) is 2.07. The molecular weight excluding hydrogens is 256 g/mol. The number of anilines is 1. The molecule has 6 heteroatoms. The molecule has 2 aromatic rings. The third-order valence-corrected chi connectivity index (χ3v) is 3.22. The molecule has 0 radical (unpaired) electrons. The summed E-state index contributed by atoms with van der Waals surface area (Å²) >= 11 is 0. The van der Waals surface area contributed by atoms with Crippen LogP contribution in [0.3, 0.4) is 0 Å². The molecule has 0 saturated heterocycles. The molecule has 0 spiro atoms. The lowest BCUT2D eigenvalue weighted by atomic mass is 10.2. The summed E-state index contributed by atoms with van der Waals surface area (Å²) in [6.45, 7) is 0.823. The van der Waals surface area contributed by atoms with E-state index in [2.05, 4.69) is 20.0 Å². The first kappa shape index (κ1) is 14.3. The van der Waals surface area contributed by atoms with Gasteiger partial charge in [0.05, 0.1) is 19.0 Å². The summed E-state index contributed by atoms with van der Waals surface area (Å²) in [6.07, 6.45) is 6.89. The Morgan fingerprint density at radius 3 is 3.00 bits per heavy atom. The van der Waals surface area contributed by atoms with Crippen molar-refractivity contribution in [1.82, 2.24) is 14.5 Å². The minimum Gasteiger partial charge on any atom is -0.469 e. The van der Waals surface area contributed by atoms with E-state index in [4.69, 9.17) is 0 Å². The molecule has 0 bridgehead atoms. The summed E-state index contributed by atoms with van der Waals surface area (Å²) in [5.41, 5.74) is 1.96. The van der Waals surface area contributed by atoms with Crippen LogP contribution in [-0.4, -0.2) is 34.2 Å². The van der Waals surface area contributed by atoms with Crippen molar-refractivity contribution < 1.29 is 9.53 Å². The van der Waals surface area contributed by atoms with Crippen LogP contribution in [0.2, 0.25) is 0 Å². The zero-order valence-electron chi connectivity index (χ0n) is 11.9. The van der Waals surface area contributed by atoms with Crippen LogP contribution in [0.25, 0.3) is 11.0 Å². The van der Waals surface area contributed by atoms with Crippen molar-refractivity contribution >= 4 is 22.8 Å². The maximum Gasteiger partial charge on any atom is 0.305 e. The van der Waals surface area contributed by atoms with E-state index < -0.39 is 0 Å². The van der Waals surface area contributed by atoms with E-state index in [1.807, 2.05) is 17.7 Å². The average Bonchev–Trinajstić information content (AvgIpc) is 2.85. The van der Waals surface area contributed by atoms with Gasteiger partial charge in [-0.25, -0.2) is 9.97 Å². The first-order chi connectivity index (χ1) is 9.72. The maximum atomic E-state index is 11.0. The van der Waals surface area contributed by atoms with Crippen molar-refractivity contribution in [2.45, 2.75) is 25.7 Å². The largest absolute Gasteiger partial charge is 0.469 e. The summed E-state index contributed by atoms with van der Waals surface area (Å²) in [4.78, 5) is 19.6. The number of nitrogens with zero attached hydrogens (tertiary/aromatic N) is 3. The zero-order chi connectivity index (χ0) is 14.4. The Balaban J connectivity index is 1.77. The van der Waals surface area contributed by atoms with Crippen molar-refractivity contribution in [1.29, 1.82) is 0 Å². The summed E-state index contributed by atoms with van der Waals surface area (Å²) in [6, 6.07) is 1.95. The van der Waals surface area contributed by atoms with Gasteiger partial charge in [0.1, 0.15) is 5.52 Å². The standard InChI is InChI=1S/C14H20N4O2/c1-18-10-17-13-11(18)7-9-16-14(13)15-8-5-3-4-6-12(19)20-2/h7,9-10H,3-6,8H2,1-2H3,(H,15,16). The number of fused-ring (bicyclic) bond motifs is 1. The molecule has 0 atom stereocenters. The van der Waals surface area contributed by atoms with Gasteiger partial charge in [0, 0.05) is 26.2 Å². The molecule has 0 aromatic carbocycles. The minimum atomic E-state index is -0.141. The molecule has 0 aliphatic rings. The van der Waals surface area contributed by atoms with E-state index in [1.54, 1.807) is 12.5 Å². The second-order valence-corrected chi connectivity index (χ2v) is 4.70. The quantitative estimate of drug-likeness (QED) is 0.619. The molecule has 0 fully saturated rings. The maximum absolute atomic E-state index is 11.0. The lowest BCUT2D eigenvalue weighted by Crippen LogP contribution is -2.05. The number of carbonyl (C=O) groups excluding carboxylic acids is 1. The number of nitrogens with one attached hydrogen (secondary N) is 1. The molecule has 2 heterocycles. The van der Waals surface area contributed by atoms with Gasteiger partial charge in [-0.1, -0.05) is 6.42 Å². The van der Waals surface area contributed by atoms with Crippen LogP contribution in [0.15, 0.2) is 18.6 Å². The van der Waals surface area contributed by atoms with Crippen LogP contribution < -0.4 is 5.32 Å². The van der Waals surface area contributed by atoms with Crippen LogP contribution in [0, 0.1) is 0 Å². The van der Waals surface area contributed by atoms with E-state index in [1.165, 1.54) is 7.11 Å². The van der Waals surface area contributed by atoms with Crippen molar-refractivity contribution in [3.8, 4) is 0 Å². The molecule has 0 unspecified atom stereocenters. The molecule has 0 aliphatic heterocycles. The number of carbonyl (C=O) groups is 1. The van der Waals surface area contributed by atoms with Gasteiger partial charge >= 0.3 is 5.97 Å². The van der Waals surface area contributed by atoms with Crippen molar-refractivity contribution in [3.05, 3.63) is 18.6 Å². The number of unbranched alkanes of at least 4 members (excludes halogenated alkanes) is 2. The number of hydrogen-bond acceptors (Lipinski definition) is 5. The fraction of sp³-hybridized carbons (Fsp3) is 0.500. The summed E-state index contributed by atoms with van der Waals surface area (Å²) in [7, 11) is 3.38. The molecular formula is C14H20N4O2. The molecule has 6 nitrogen and oxygen atoms in total. The third kappa shape index (κ3) is 3.46. The van der Waals surface area contributed by atoms with E-state index in [9.17, 15) is 4.79 Å². The molecule has 2 rings (SSSR count). The highest BCUT2D eigenvalue weighted by Gasteiger charge is 2.06. The predicted molar refractivity (Wildman–Crippen MR) is 77.5 cm³/mol. The van der Waals surface area contributed by atoms with E-state index in [-0.39, 0.29) is 5.97 Å². The van der Waals surface area contributed by atoms with Gasteiger partial charge < -0.3 is 14.6 Å². The number of methoxy groups -OCH3 is 1. The Bertz CT molecular complexity index is 580. The van der Waals surface area contributed by atoms with E-state index in [0.29, 0.717) is 6.42 Å². The summed E-state index contributed by atoms with van der Waals surface area (Å²) in [5, 5.41) is 3.30. The number of ether oxygens (including phenoxy) is 1. The number of aryl methyl sites for hydroxylation is 1. The molecule has 0 amide bonds. The number of rotatable bonds is 7. The Morgan fingerprint density at radius 2 is 2.20 bits per heavy atom. The van der Waals surface area contributed by atoms with Crippen molar-refractivity contribution in [3.63, 3.8) is 0 Å². The van der Waals surface area contributed by atoms with Crippen LogP contribution in [0.1, 0.15) is 25.7 Å². The summed E-state index contributed by atoms with van der Waals surface area (Å²) in [5.74, 6) is 0.675. The third-order valence-electron chi connectivity index (χ3n) is 3.22. The van der Waals surface area contributed by atoms with Gasteiger partial charge in [0.2, 0.25) is 0 Å². The van der Waals surface area contributed by atoms with Gasteiger partial charge in [0.15, 0.2) is 5.82 Å². The van der Waals surface area contributed by atoms with Crippen LogP contribution in [-0.2, 0) is 16.6 Å². The molecule has 0 aliphatic carbocycles. The first-order valence-corrected chi connectivity index (χ1v) is 6.79.